The van der Waals surface area contributed by atoms with Gasteiger partial charge in [0, 0.05) is 11.8 Å². The molecule has 3 rings (SSSR count). The van der Waals surface area contributed by atoms with E-state index in [2.05, 4.69) is 47.7 Å². The largest absolute Gasteiger partial charge is 0.240 e. The van der Waals surface area contributed by atoms with Crippen LogP contribution in [0.3, 0.4) is 0 Å². The van der Waals surface area contributed by atoms with Gasteiger partial charge in [0.15, 0.2) is 0 Å². The topological polar surface area (TPSA) is 17.8 Å². The third-order valence-corrected chi connectivity index (χ3v) is 3.21. The van der Waals surface area contributed by atoms with Crippen molar-refractivity contribution in [1.29, 1.82) is 0 Å². The van der Waals surface area contributed by atoms with Crippen LogP contribution >= 0.6 is 0 Å². The standard InChI is InChI=1S/C18H16N2/c1-15-17(13-12-16-8-4-2-5-9-16)14-20(19-15)18-10-6-3-7-11-18/h2-14H,1H3. The highest BCUT2D eigenvalue weighted by molar-refractivity contribution is 5.70. The molecule has 0 N–H and O–H groups in total. The molecule has 1 aromatic heterocycles. The summed E-state index contributed by atoms with van der Waals surface area (Å²) in [7, 11) is 0. The molecule has 98 valence electrons. The summed E-state index contributed by atoms with van der Waals surface area (Å²) in [5.74, 6) is 0. The average molecular weight is 260 g/mol. The molecule has 3 aromatic rings. The maximum absolute atomic E-state index is 4.56. The van der Waals surface area contributed by atoms with Crippen LogP contribution in [-0.4, -0.2) is 9.78 Å². The van der Waals surface area contributed by atoms with Crippen molar-refractivity contribution in [3.05, 3.63) is 83.7 Å². The van der Waals surface area contributed by atoms with Gasteiger partial charge in [-0.1, -0.05) is 60.7 Å². The van der Waals surface area contributed by atoms with Gasteiger partial charge in [-0.2, -0.15) is 5.10 Å². The number of hydrogen-bond acceptors (Lipinski definition) is 1. The first-order valence-electron chi connectivity index (χ1n) is 6.68. The van der Waals surface area contributed by atoms with E-state index in [9.17, 15) is 0 Å². The van der Waals surface area contributed by atoms with E-state index in [0.29, 0.717) is 0 Å². The van der Waals surface area contributed by atoms with Crippen LogP contribution in [0.4, 0.5) is 0 Å². The summed E-state index contributed by atoms with van der Waals surface area (Å²) in [6.07, 6.45) is 6.28. The molecule has 0 amide bonds. The van der Waals surface area contributed by atoms with E-state index in [0.717, 1.165) is 16.9 Å². The molecule has 0 unspecified atom stereocenters. The lowest BCUT2D eigenvalue weighted by molar-refractivity contribution is 0.863. The van der Waals surface area contributed by atoms with E-state index in [1.165, 1.54) is 5.56 Å². The van der Waals surface area contributed by atoms with E-state index in [-0.39, 0.29) is 0 Å². The molecule has 0 aliphatic rings. The maximum Gasteiger partial charge on any atom is 0.0670 e. The minimum Gasteiger partial charge on any atom is -0.240 e. The van der Waals surface area contributed by atoms with Gasteiger partial charge in [-0.15, -0.1) is 0 Å². The molecule has 2 heteroatoms. The second kappa shape index (κ2) is 5.57. The Morgan fingerprint density at radius 3 is 2.20 bits per heavy atom. The summed E-state index contributed by atoms with van der Waals surface area (Å²) in [5, 5.41) is 4.56. The first kappa shape index (κ1) is 12.4. The molecular weight excluding hydrogens is 244 g/mol. The quantitative estimate of drug-likeness (QED) is 0.684. The molecule has 0 radical (unpaired) electrons. The van der Waals surface area contributed by atoms with Crippen LogP contribution in [0.1, 0.15) is 16.8 Å². The van der Waals surface area contributed by atoms with Crippen LogP contribution in [0, 0.1) is 6.92 Å². The van der Waals surface area contributed by atoms with Crippen LogP contribution < -0.4 is 0 Å². The summed E-state index contributed by atoms with van der Waals surface area (Å²) in [6.45, 7) is 2.03. The van der Waals surface area contributed by atoms with Gasteiger partial charge in [0.05, 0.1) is 11.4 Å². The van der Waals surface area contributed by atoms with Crippen molar-refractivity contribution >= 4 is 12.2 Å². The van der Waals surface area contributed by atoms with Crippen molar-refractivity contribution < 1.29 is 0 Å². The minimum absolute atomic E-state index is 1.03. The van der Waals surface area contributed by atoms with Crippen molar-refractivity contribution in [2.24, 2.45) is 0 Å². The van der Waals surface area contributed by atoms with Crippen molar-refractivity contribution in [3.8, 4) is 5.69 Å². The molecule has 0 aliphatic carbocycles. The first-order chi connectivity index (χ1) is 9.83. The number of benzene rings is 2. The molecule has 0 fully saturated rings. The summed E-state index contributed by atoms with van der Waals surface area (Å²) >= 11 is 0. The van der Waals surface area contributed by atoms with Crippen LogP contribution in [0.25, 0.3) is 17.8 Å². The first-order valence-corrected chi connectivity index (χ1v) is 6.68. The fourth-order valence-corrected chi connectivity index (χ4v) is 2.10. The van der Waals surface area contributed by atoms with Crippen LogP contribution in [0.5, 0.6) is 0 Å². The Bertz CT molecular complexity index is 710. The lowest BCUT2D eigenvalue weighted by Gasteiger charge is -1.98. The van der Waals surface area contributed by atoms with Gasteiger partial charge in [-0.3, -0.25) is 0 Å². The predicted molar refractivity (Wildman–Crippen MR) is 83.7 cm³/mol. The molecule has 0 saturated carbocycles. The number of nitrogens with zero attached hydrogens (tertiary/aromatic N) is 2. The third kappa shape index (κ3) is 2.69. The Morgan fingerprint density at radius 2 is 1.50 bits per heavy atom. The van der Waals surface area contributed by atoms with Gasteiger partial charge >= 0.3 is 0 Å². The van der Waals surface area contributed by atoms with Crippen LogP contribution in [0.2, 0.25) is 0 Å². The molecule has 2 nitrogen and oxygen atoms in total. The smallest absolute Gasteiger partial charge is 0.0670 e. The zero-order valence-electron chi connectivity index (χ0n) is 11.4. The number of rotatable bonds is 3. The monoisotopic (exact) mass is 260 g/mol. The van der Waals surface area contributed by atoms with Crippen molar-refractivity contribution in [2.45, 2.75) is 6.92 Å². The number of para-hydroxylation sites is 1. The molecule has 20 heavy (non-hydrogen) atoms. The Kier molecular flexibility index (Phi) is 3.46. The highest BCUT2D eigenvalue weighted by Crippen LogP contribution is 2.14. The molecule has 0 atom stereocenters. The molecule has 1 heterocycles. The lowest BCUT2D eigenvalue weighted by Crippen LogP contribution is -1.93. The zero-order chi connectivity index (χ0) is 13.8. The Morgan fingerprint density at radius 1 is 0.850 bits per heavy atom. The van der Waals surface area contributed by atoms with E-state index in [4.69, 9.17) is 0 Å². The summed E-state index contributed by atoms with van der Waals surface area (Å²) < 4.78 is 1.92. The zero-order valence-corrected chi connectivity index (χ0v) is 11.4. The Balaban J connectivity index is 1.89. The van der Waals surface area contributed by atoms with Gasteiger partial charge in [-0.05, 0) is 24.6 Å². The maximum atomic E-state index is 4.56. The van der Waals surface area contributed by atoms with Gasteiger partial charge in [0.1, 0.15) is 0 Å². The Hall–Kier alpha value is -2.61. The number of aryl methyl sites for hydroxylation is 1. The normalized spacial score (nSPS) is 11.1. The van der Waals surface area contributed by atoms with Gasteiger partial charge in [-0.25, -0.2) is 4.68 Å². The highest BCUT2D eigenvalue weighted by Gasteiger charge is 2.03. The summed E-state index contributed by atoms with van der Waals surface area (Å²) in [4.78, 5) is 0. The van der Waals surface area contributed by atoms with Crippen molar-refractivity contribution in [1.82, 2.24) is 9.78 Å². The van der Waals surface area contributed by atoms with Crippen LogP contribution in [0.15, 0.2) is 66.9 Å². The molecule has 0 bridgehead atoms. The van der Waals surface area contributed by atoms with E-state index >= 15 is 0 Å². The molecule has 0 saturated heterocycles. The van der Waals surface area contributed by atoms with Gasteiger partial charge in [0.25, 0.3) is 0 Å². The fraction of sp³-hybridized carbons (Fsp3) is 0.0556. The van der Waals surface area contributed by atoms with Crippen molar-refractivity contribution in [3.63, 3.8) is 0 Å². The molecule has 0 spiro atoms. The van der Waals surface area contributed by atoms with Gasteiger partial charge in [0.2, 0.25) is 0 Å². The summed E-state index contributed by atoms with van der Waals surface area (Å²) in [5.41, 5.74) is 4.44. The lowest BCUT2D eigenvalue weighted by atomic mass is 10.1. The second-order valence-electron chi connectivity index (χ2n) is 4.69. The van der Waals surface area contributed by atoms with Crippen molar-refractivity contribution in [2.75, 3.05) is 0 Å². The second-order valence-corrected chi connectivity index (χ2v) is 4.69. The average Bonchev–Trinajstić information content (AvgIpc) is 2.88. The van der Waals surface area contributed by atoms with E-state index in [1.54, 1.807) is 0 Å². The van der Waals surface area contributed by atoms with Crippen LogP contribution in [-0.2, 0) is 0 Å². The number of aromatic nitrogens is 2. The molecule has 2 aromatic carbocycles. The minimum atomic E-state index is 1.03. The SMILES string of the molecule is Cc1nn(-c2ccccc2)cc1C=Cc1ccccc1. The highest BCUT2D eigenvalue weighted by atomic mass is 15.3. The van der Waals surface area contributed by atoms with E-state index < -0.39 is 0 Å². The summed E-state index contributed by atoms with van der Waals surface area (Å²) in [6, 6.07) is 20.4. The Labute approximate surface area is 119 Å². The third-order valence-electron chi connectivity index (χ3n) is 3.21. The molecule has 0 aliphatic heterocycles. The van der Waals surface area contributed by atoms with E-state index in [1.807, 2.05) is 48.0 Å². The van der Waals surface area contributed by atoms with Gasteiger partial charge < -0.3 is 0 Å². The predicted octanol–water partition coefficient (Wildman–Crippen LogP) is 4.35. The fourth-order valence-electron chi connectivity index (χ4n) is 2.10. The number of hydrogen-bond donors (Lipinski definition) is 0. The molecular formula is C18H16N2.